The summed E-state index contributed by atoms with van der Waals surface area (Å²) < 4.78 is 0. The molecule has 0 aliphatic carbocycles. The van der Waals surface area contributed by atoms with Gasteiger partial charge in [-0.3, -0.25) is 28.8 Å². The number of fused-ring (bicyclic) bond motifs is 2. The molecule has 4 rings (SSSR count). The van der Waals surface area contributed by atoms with Crippen molar-refractivity contribution in [2.24, 2.45) is 11.7 Å². The van der Waals surface area contributed by atoms with Gasteiger partial charge in [0.2, 0.25) is 35.4 Å². The first-order valence-corrected chi connectivity index (χ1v) is 19.6. The van der Waals surface area contributed by atoms with E-state index in [0.717, 1.165) is 21.8 Å². The number of carboxylic acids is 1. The number of nitrogens with one attached hydrogen (secondary N) is 8. The molecule has 58 heavy (non-hydrogen) atoms. The Morgan fingerprint density at radius 1 is 0.655 bits per heavy atom. The third kappa shape index (κ3) is 12.0. The Balaban J connectivity index is 1.62. The normalized spacial score (nSPS) is 14.4. The van der Waals surface area contributed by atoms with Crippen molar-refractivity contribution in [3.8, 4) is 0 Å². The van der Waals surface area contributed by atoms with Gasteiger partial charge in [0.05, 0.1) is 19.2 Å². The number of carbonyl (C=O) groups is 7. The molecule has 312 valence electrons. The van der Waals surface area contributed by atoms with Crippen molar-refractivity contribution in [2.45, 2.75) is 62.9 Å². The van der Waals surface area contributed by atoms with Crippen molar-refractivity contribution in [1.29, 1.82) is 0 Å². The molecule has 0 aliphatic heterocycles. The second-order valence-corrected chi connectivity index (χ2v) is 14.6. The van der Waals surface area contributed by atoms with Crippen molar-refractivity contribution >= 4 is 88.5 Å². The van der Waals surface area contributed by atoms with Crippen molar-refractivity contribution in [2.75, 3.05) is 24.7 Å². The summed E-state index contributed by atoms with van der Waals surface area (Å²) in [6.07, 6.45) is 3.25. The summed E-state index contributed by atoms with van der Waals surface area (Å²) >= 11 is 7.92. The minimum atomic E-state index is -1.45. The van der Waals surface area contributed by atoms with Gasteiger partial charge >= 0.3 is 5.97 Å². The first kappa shape index (κ1) is 45.1. The fourth-order valence-corrected chi connectivity index (χ4v) is 6.47. The molecule has 2 aromatic carbocycles. The number of aromatic nitrogens is 2. The second-order valence-electron chi connectivity index (χ2n) is 13.9. The second kappa shape index (κ2) is 21.3. The summed E-state index contributed by atoms with van der Waals surface area (Å²) in [5.41, 5.74) is 8.54. The number of carbonyl (C=O) groups excluding carboxylic acids is 6. The Hall–Kier alpha value is -5.57. The van der Waals surface area contributed by atoms with Crippen LogP contribution in [0.4, 0.5) is 0 Å². The van der Waals surface area contributed by atoms with Gasteiger partial charge in [0.15, 0.2) is 0 Å². The van der Waals surface area contributed by atoms with Crippen LogP contribution < -0.4 is 37.6 Å². The van der Waals surface area contributed by atoms with Crippen LogP contribution in [0.3, 0.4) is 0 Å². The molecule has 0 saturated heterocycles. The number of aliphatic hydroxyl groups excluding tert-OH is 1. The highest BCUT2D eigenvalue weighted by Gasteiger charge is 2.34. The number of para-hydroxylation sites is 2. The van der Waals surface area contributed by atoms with Gasteiger partial charge in [0.1, 0.15) is 30.2 Å². The maximum Gasteiger partial charge on any atom is 0.327 e. The Bertz CT molecular complexity index is 2110. The van der Waals surface area contributed by atoms with Gasteiger partial charge in [0.25, 0.3) is 0 Å². The monoisotopic (exact) mass is 839 g/mol. The third-order valence-corrected chi connectivity index (χ3v) is 10.1. The van der Waals surface area contributed by atoms with E-state index in [2.05, 4.69) is 67.1 Å². The summed E-state index contributed by atoms with van der Waals surface area (Å²) in [5, 5.41) is 35.8. The van der Waals surface area contributed by atoms with Crippen LogP contribution in [0.25, 0.3) is 21.8 Å². The number of aromatic amines is 2. The van der Waals surface area contributed by atoms with E-state index in [9.17, 15) is 43.8 Å². The predicted octanol–water partition coefficient (Wildman–Crippen LogP) is -1.11. The minimum Gasteiger partial charge on any atom is -0.480 e. The van der Waals surface area contributed by atoms with Crippen LogP contribution in [0.2, 0.25) is 0 Å². The zero-order chi connectivity index (χ0) is 42.5. The van der Waals surface area contributed by atoms with Crippen LogP contribution in [0, 0.1) is 5.92 Å². The predicted molar refractivity (Wildman–Crippen MR) is 222 cm³/mol. The number of nitrogens with two attached hydrogens (primary N) is 1. The number of hydrogen-bond donors (Lipinski definition) is 13. The molecule has 2 heterocycles. The molecule has 0 radical (unpaired) electrons. The fourth-order valence-electron chi connectivity index (χ4n) is 6.06. The average molecular weight is 840 g/mol. The lowest BCUT2D eigenvalue weighted by Gasteiger charge is -2.28. The number of thiol groups is 2. The Labute approximate surface area is 344 Å². The van der Waals surface area contributed by atoms with Gasteiger partial charge in [-0.1, -0.05) is 50.2 Å². The van der Waals surface area contributed by atoms with Gasteiger partial charge in [-0.05, 0) is 29.2 Å². The Morgan fingerprint density at radius 3 is 1.66 bits per heavy atom. The van der Waals surface area contributed by atoms with Crippen molar-refractivity contribution in [1.82, 2.24) is 41.9 Å². The molecule has 6 atom stereocenters. The molecule has 0 aliphatic rings. The van der Waals surface area contributed by atoms with Gasteiger partial charge < -0.3 is 57.8 Å². The maximum atomic E-state index is 14.4. The number of amides is 6. The van der Waals surface area contributed by atoms with Crippen LogP contribution in [0.1, 0.15) is 25.0 Å². The lowest BCUT2D eigenvalue weighted by molar-refractivity contribution is -0.141. The van der Waals surface area contributed by atoms with Gasteiger partial charge in [-0.15, -0.1) is 0 Å². The molecule has 6 amide bonds. The zero-order valence-corrected chi connectivity index (χ0v) is 33.6. The summed E-state index contributed by atoms with van der Waals surface area (Å²) in [4.78, 5) is 98.0. The molecule has 0 fully saturated rings. The number of H-pyrrole nitrogens is 2. The maximum absolute atomic E-state index is 14.4. The number of benzene rings is 2. The molecule has 0 unspecified atom stereocenters. The number of rotatable bonds is 21. The number of aliphatic hydroxyl groups is 1. The zero-order valence-electron chi connectivity index (χ0n) is 31.8. The van der Waals surface area contributed by atoms with Gasteiger partial charge in [-0.2, -0.15) is 25.3 Å². The minimum absolute atomic E-state index is 0.0221. The smallest absolute Gasteiger partial charge is 0.327 e. The summed E-state index contributed by atoms with van der Waals surface area (Å²) in [7, 11) is 0. The molecule has 4 aromatic rings. The molecule has 0 saturated carbocycles. The highest BCUT2D eigenvalue weighted by Crippen LogP contribution is 2.21. The Kier molecular flexibility index (Phi) is 16.5. The quantitative estimate of drug-likeness (QED) is 0.0450. The van der Waals surface area contributed by atoms with Crippen LogP contribution in [0.15, 0.2) is 60.9 Å². The van der Waals surface area contributed by atoms with Gasteiger partial charge in [-0.25, -0.2) is 4.79 Å². The van der Waals surface area contributed by atoms with Crippen LogP contribution in [-0.4, -0.2) is 123 Å². The molecule has 12 N–H and O–H groups in total. The third-order valence-electron chi connectivity index (χ3n) is 9.30. The van der Waals surface area contributed by atoms with E-state index in [1.807, 2.05) is 48.5 Å². The molecule has 18 nitrogen and oxygen atoms in total. The topological polar surface area (TPSA) is 290 Å². The first-order chi connectivity index (χ1) is 27.7. The van der Waals surface area contributed by atoms with E-state index in [1.165, 1.54) is 0 Å². The van der Waals surface area contributed by atoms with E-state index in [0.29, 0.717) is 11.1 Å². The Morgan fingerprint density at radius 2 is 1.16 bits per heavy atom. The number of hydrogen-bond acceptors (Lipinski definition) is 11. The molecule has 0 spiro atoms. The lowest BCUT2D eigenvalue weighted by Crippen LogP contribution is -2.61. The summed E-state index contributed by atoms with van der Waals surface area (Å²) in [6.45, 7) is 1.88. The van der Waals surface area contributed by atoms with Gasteiger partial charge in [0, 0.05) is 58.5 Å². The van der Waals surface area contributed by atoms with E-state index in [4.69, 9.17) is 5.73 Å². The summed E-state index contributed by atoms with van der Waals surface area (Å²) in [6, 6.07) is 6.90. The molecular formula is C38H49N9O9S2. The standard InChI is InChI=1S/C38H49N9O9S2/c1-19(2)32(47-36(53)29(16-48)46-33(50)24(39)17-57)37(54)45-28(12-21-14-41-26-10-6-4-8-23(21)26)35(52)44-27(11-20-13-40-25-9-5-3-7-22(20)25)34(51)42-15-31(49)43-30(18-58)38(55)56/h3-10,13-14,19,24,27-30,32,40-41,48,57-58H,11-12,15-18,39H2,1-2H3,(H,42,51)(H,43,49)(H,44,52)(H,45,54)(H,46,50)(H,47,53)(H,55,56)/t24-,27-,28-,29-,30-,32-/m0/s1. The van der Waals surface area contributed by atoms with Crippen molar-refractivity contribution in [3.63, 3.8) is 0 Å². The highest BCUT2D eigenvalue weighted by atomic mass is 32.1. The van der Waals surface area contributed by atoms with E-state index in [-0.39, 0.29) is 24.3 Å². The fraction of sp³-hybridized carbons (Fsp3) is 0.395. The van der Waals surface area contributed by atoms with E-state index < -0.39 is 96.7 Å². The van der Waals surface area contributed by atoms with Crippen LogP contribution in [-0.2, 0) is 46.4 Å². The highest BCUT2D eigenvalue weighted by molar-refractivity contribution is 7.80. The summed E-state index contributed by atoms with van der Waals surface area (Å²) in [5.74, 6) is -6.81. The molecule has 2 aromatic heterocycles. The SMILES string of the molecule is CC(C)[C@H](NC(=O)[C@H](CO)NC(=O)[C@@H](N)CS)C(=O)N[C@@H](Cc1c[nH]c2ccccc12)C(=O)N[C@@H](Cc1c[nH]c2ccccc12)C(=O)NCC(=O)N[C@@H](CS)C(=O)O. The number of carboxylic acid groups (broad SMARTS) is 1. The van der Waals surface area contributed by atoms with Crippen LogP contribution >= 0.6 is 25.3 Å². The van der Waals surface area contributed by atoms with Crippen molar-refractivity contribution in [3.05, 3.63) is 72.1 Å². The average Bonchev–Trinajstić information content (AvgIpc) is 3.82. The van der Waals surface area contributed by atoms with E-state index in [1.54, 1.807) is 26.2 Å². The van der Waals surface area contributed by atoms with E-state index >= 15 is 0 Å². The van der Waals surface area contributed by atoms with Crippen LogP contribution in [0.5, 0.6) is 0 Å². The number of aliphatic carboxylic acids is 1. The molecular weight excluding hydrogens is 791 g/mol. The molecule has 0 bridgehead atoms. The lowest BCUT2D eigenvalue weighted by atomic mass is 9.99. The molecule has 20 heteroatoms. The largest absolute Gasteiger partial charge is 0.480 e. The van der Waals surface area contributed by atoms with Crippen molar-refractivity contribution < 1.29 is 43.8 Å². The first-order valence-electron chi connectivity index (χ1n) is 18.4.